The van der Waals surface area contributed by atoms with Gasteiger partial charge in [-0.25, -0.2) is 15.8 Å². The summed E-state index contributed by atoms with van der Waals surface area (Å²) in [7, 11) is 0. The van der Waals surface area contributed by atoms with E-state index >= 15 is 0 Å². The molecule has 1 amide bonds. The number of hydrogen-bond donors (Lipinski definition) is 3. The monoisotopic (exact) mass is 266 g/mol. The van der Waals surface area contributed by atoms with E-state index in [2.05, 4.69) is 20.7 Å². The van der Waals surface area contributed by atoms with E-state index in [1.165, 1.54) is 6.33 Å². The summed E-state index contributed by atoms with van der Waals surface area (Å²) in [5.74, 6) is 6.34. The molecule has 0 saturated carbocycles. The molecular formula is C11H18N6O2. The predicted octanol–water partition coefficient (Wildman–Crippen LogP) is -0.579. The molecule has 1 aliphatic heterocycles. The predicted molar refractivity (Wildman–Crippen MR) is 70.3 cm³/mol. The first-order valence-corrected chi connectivity index (χ1v) is 6.12. The van der Waals surface area contributed by atoms with Crippen LogP contribution in [0.15, 0.2) is 12.4 Å². The lowest BCUT2D eigenvalue weighted by atomic mass is 10.2. The number of nitrogens with two attached hydrogens (primary N) is 1. The van der Waals surface area contributed by atoms with Crippen LogP contribution in [0.25, 0.3) is 0 Å². The number of ether oxygens (including phenoxy) is 1. The third kappa shape index (κ3) is 3.52. The highest BCUT2D eigenvalue weighted by molar-refractivity contribution is 5.84. The summed E-state index contributed by atoms with van der Waals surface area (Å²) in [6.45, 7) is 4.24. The summed E-state index contributed by atoms with van der Waals surface area (Å²) >= 11 is 0. The van der Waals surface area contributed by atoms with Crippen LogP contribution in [-0.2, 0) is 9.53 Å². The highest BCUT2D eigenvalue weighted by Crippen LogP contribution is 2.10. The van der Waals surface area contributed by atoms with E-state index in [9.17, 15) is 4.79 Å². The Hall–Kier alpha value is -1.93. The largest absolute Gasteiger partial charge is 0.378 e. The summed E-state index contributed by atoms with van der Waals surface area (Å²) in [6, 6.07) is 1.28. The minimum atomic E-state index is -0.362. The molecule has 0 radical (unpaired) electrons. The quantitative estimate of drug-likeness (QED) is 0.494. The fraction of sp³-hybridized carbons (Fsp3) is 0.545. The van der Waals surface area contributed by atoms with Gasteiger partial charge in [0.2, 0.25) is 5.91 Å². The standard InChI is InChI=1S/C11H18N6O2/c1-8(11(18)17-2-4-19-5-3-17)15-9-6-10(16-12)14-7-13-9/h6-8H,2-5,12H2,1H3,(H2,13,14,15,16). The lowest BCUT2D eigenvalue weighted by Gasteiger charge is -2.29. The molecule has 1 aromatic heterocycles. The molecular weight excluding hydrogens is 248 g/mol. The molecule has 1 saturated heterocycles. The summed E-state index contributed by atoms with van der Waals surface area (Å²) in [6.07, 6.45) is 1.38. The van der Waals surface area contributed by atoms with Crippen molar-refractivity contribution in [1.29, 1.82) is 0 Å². The molecule has 8 nitrogen and oxygen atoms in total. The Morgan fingerprint density at radius 3 is 2.79 bits per heavy atom. The first-order valence-electron chi connectivity index (χ1n) is 6.12. The van der Waals surface area contributed by atoms with E-state index in [0.717, 1.165) is 0 Å². The van der Waals surface area contributed by atoms with E-state index in [1.54, 1.807) is 17.9 Å². The average molecular weight is 266 g/mol. The van der Waals surface area contributed by atoms with Crippen molar-refractivity contribution >= 4 is 17.5 Å². The Kier molecular flexibility index (Phi) is 4.48. The molecule has 0 bridgehead atoms. The number of amides is 1. The number of anilines is 2. The number of nitrogens with zero attached hydrogens (tertiary/aromatic N) is 3. The molecule has 0 aromatic carbocycles. The lowest BCUT2D eigenvalue weighted by molar-refractivity contribution is -0.135. The van der Waals surface area contributed by atoms with Crippen LogP contribution >= 0.6 is 0 Å². The zero-order valence-corrected chi connectivity index (χ0v) is 10.8. The maximum atomic E-state index is 12.2. The summed E-state index contributed by atoms with van der Waals surface area (Å²) in [5.41, 5.74) is 2.43. The van der Waals surface area contributed by atoms with Crippen molar-refractivity contribution in [3.8, 4) is 0 Å². The molecule has 2 heterocycles. The van der Waals surface area contributed by atoms with Crippen molar-refractivity contribution in [2.24, 2.45) is 5.84 Å². The van der Waals surface area contributed by atoms with Crippen molar-refractivity contribution < 1.29 is 9.53 Å². The summed E-state index contributed by atoms with van der Waals surface area (Å²) < 4.78 is 5.22. The highest BCUT2D eigenvalue weighted by atomic mass is 16.5. The third-order valence-corrected chi connectivity index (χ3v) is 2.87. The molecule has 1 aromatic rings. The highest BCUT2D eigenvalue weighted by Gasteiger charge is 2.22. The van der Waals surface area contributed by atoms with Crippen molar-refractivity contribution in [2.75, 3.05) is 37.0 Å². The molecule has 0 spiro atoms. The number of carbonyl (C=O) groups is 1. The van der Waals surface area contributed by atoms with Crippen LogP contribution in [0.3, 0.4) is 0 Å². The van der Waals surface area contributed by atoms with Gasteiger partial charge in [-0.1, -0.05) is 0 Å². The Labute approximate surface area is 111 Å². The topological polar surface area (TPSA) is 105 Å². The van der Waals surface area contributed by atoms with Gasteiger partial charge in [-0.2, -0.15) is 0 Å². The van der Waals surface area contributed by atoms with E-state index in [-0.39, 0.29) is 11.9 Å². The number of rotatable bonds is 4. The van der Waals surface area contributed by atoms with E-state index in [4.69, 9.17) is 10.6 Å². The van der Waals surface area contributed by atoms with Gasteiger partial charge in [-0.15, -0.1) is 0 Å². The van der Waals surface area contributed by atoms with Gasteiger partial charge >= 0.3 is 0 Å². The van der Waals surface area contributed by atoms with E-state index in [1.807, 2.05) is 0 Å². The molecule has 2 rings (SSSR count). The van der Waals surface area contributed by atoms with Gasteiger partial charge in [0, 0.05) is 19.2 Å². The second-order valence-corrected chi connectivity index (χ2v) is 4.24. The van der Waals surface area contributed by atoms with Crippen LogP contribution in [0.1, 0.15) is 6.92 Å². The molecule has 1 fully saturated rings. The number of nitrogen functional groups attached to an aromatic ring is 1. The fourth-order valence-corrected chi connectivity index (χ4v) is 1.86. The zero-order chi connectivity index (χ0) is 13.7. The van der Waals surface area contributed by atoms with Crippen LogP contribution in [0, 0.1) is 0 Å². The molecule has 4 N–H and O–H groups in total. The second kappa shape index (κ2) is 6.30. The summed E-state index contributed by atoms with van der Waals surface area (Å²) in [4.78, 5) is 21.9. The Morgan fingerprint density at radius 2 is 2.11 bits per heavy atom. The molecule has 8 heteroatoms. The van der Waals surface area contributed by atoms with Gasteiger partial charge in [0.15, 0.2) is 0 Å². The molecule has 1 unspecified atom stereocenters. The summed E-state index contributed by atoms with van der Waals surface area (Å²) in [5, 5.41) is 3.03. The number of nitrogens with one attached hydrogen (secondary N) is 2. The number of carbonyl (C=O) groups excluding carboxylic acids is 1. The van der Waals surface area contributed by atoms with Crippen molar-refractivity contribution in [3.05, 3.63) is 12.4 Å². The molecule has 1 atom stereocenters. The SMILES string of the molecule is CC(Nc1cc(NN)ncn1)C(=O)N1CCOCC1. The minimum absolute atomic E-state index is 0.0316. The first kappa shape index (κ1) is 13.5. The van der Waals surface area contributed by atoms with Crippen molar-refractivity contribution in [1.82, 2.24) is 14.9 Å². The van der Waals surface area contributed by atoms with Gasteiger partial charge in [-0.05, 0) is 6.92 Å². The van der Waals surface area contributed by atoms with Gasteiger partial charge in [0.25, 0.3) is 0 Å². The Morgan fingerprint density at radius 1 is 1.42 bits per heavy atom. The van der Waals surface area contributed by atoms with Gasteiger partial charge < -0.3 is 20.4 Å². The zero-order valence-electron chi connectivity index (χ0n) is 10.8. The van der Waals surface area contributed by atoms with E-state index in [0.29, 0.717) is 37.9 Å². The molecule has 19 heavy (non-hydrogen) atoms. The first-order chi connectivity index (χ1) is 9.20. The van der Waals surface area contributed by atoms with Gasteiger partial charge in [-0.3, -0.25) is 4.79 Å². The smallest absolute Gasteiger partial charge is 0.244 e. The van der Waals surface area contributed by atoms with Crippen molar-refractivity contribution in [2.45, 2.75) is 13.0 Å². The van der Waals surface area contributed by atoms with Crippen LogP contribution in [0.4, 0.5) is 11.6 Å². The number of hydrazine groups is 1. The molecule has 1 aliphatic rings. The van der Waals surface area contributed by atoms with Crippen molar-refractivity contribution in [3.63, 3.8) is 0 Å². The average Bonchev–Trinajstić information content (AvgIpc) is 2.47. The normalized spacial score (nSPS) is 16.8. The van der Waals surface area contributed by atoms with Crippen LogP contribution in [-0.4, -0.2) is 53.1 Å². The lowest BCUT2D eigenvalue weighted by Crippen LogP contribution is -2.47. The minimum Gasteiger partial charge on any atom is -0.378 e. The molecule has 104 valence electrons. The Balaban J connectivity index is 1.95. The maximum absolute atomic E-state index is 12.2. The number of aromatic nitrogens is 2. The third-order valence-electron chi connectivity index (χ3n) is 2.87. The van der Waals surface area contributed by atoms with Crippen LogP contribution < -0.4 is 16.6 Å². The Bertz CT molecular complexity index is 435. The van der Waals surface area contributed by atoms with Gasteiger partial charge in [0.05, 0.1) is 13.2 Å². The van der Waals surface area contributed by atoms with Crippen LogP contribution in [0.2, 0.25) is 0 Å². The number of morpholine rings is 1. The fourth-order valence-electron chi connectivity index (χ4n) is 1.86. The second-order valence-electron chi connectivity index (χ2n) is 4.24. The van der Waals surface area contributed by atoms with Gasteiger partial charge in [0.1, 0.15) is 24.0 Å². The number of hydrogen-bond acceptors (Lipinski definition) is 7. The maximum Gasteiger partial charge on any atom is 0.244 e. The van der Waals surface area contributed by atoms with Crippen LogP contribution in [0.5, 0.6) is 0 Å². The van der Waals surface area contributed by atoms with E-state index < -0.39 is 0 Å². The molecule has 0 aliphatic carbocycles.